The second-order valence-electron chi connectivity index (χ2n) is 17.2. The Kier molecular flexibility index (Phi) is 16.0. The molecular weight excluding hydrogens is 827 g/mol. The molecule has 1 aliphatic rings. The van der Waals surface area contributed by atoms with Gasteiger partial charge in [0.15, 0.2) is 17.1 Å². The summed E-state index contributed by atoms with van der Waals surface area (Å²) in [5.41, 5.74) is 3.81. The van der Waals surface area contributed by atoms with Crippen LogP contribution < -0.4 is 4.90 Å². The number of hydrogen-bond acceptors (Lipinski definition) is 12. The monoisotopic (exact) mass is 887 g/mol. The van der Waals surface area contributed by atoms with Crippen molar-refractivity contribution >= 4 is 49.5 Å². The van der Waals surface area contributed by atoms with E-state index >= 15 is 0 Å². The van der Waals surface area contributed by atoms with E-state index in [1.807, 2.05) is 48.4 Å². The molecule has 0 N–H and O–H groups in total. The van der Waals surface area contributed by atoms with Crippen molar-refractivity contribution in [2.75, 3.05) is 72.2 Å². The third-order valence-electron chi connectivity index (χ3n) is 10.2. The van der Waals surface area contributed by atoms with E-state index in [1.165, 1.54) is 0 Å². The minimum absolute atomic E-state index is 0.00363. The van der Waals surface area contributed by atoms with Crippen LogP contribution in [0.5, 0.6) is 0 Å². The topological polar surface area (TPSA) is 137 Å². The fourth-order valence-corrected chi connectivity index (χ4v) is 9.02. The Bertz CT molecular complexity index is 1870. The molecule has 14 nitrogen and oxygen atoms in total. The molecule has 1 fully saturated rings. The van der Waals surface area contributed by atoms with Crippen molar-refractivity contribution in [3.05, 3.63) is 47.0 Å². The maximum Gasteiger partial charge on any atom is 0.338 e. The van der Waals surface area contributed by atoms with Crippen molar-refractivity contribution in [1.82, 2.24) is 29.4 Å². The predicted octanol–water partition coefficient (Wildman–Crippen LogP) is 7.63. The molecule has 0 amide bonds. The Morgan fingerprint density at radius 1 is 0.877 bits per heavy atom. The maximum atomic E-state index is 13.6. The fourth-order valence-electron chi connectivity index (χ4n) is 6.68. The minimum atomic E-state index is -1.32. The van der Waals surface area contributed by atoms with E-state index in [9.17, 15) is 4.79 Å². The quantitative estimate of drug-likeness (QED) is 0.0332. The standard InChI is InChI=1S/C40H62BrN7O7Si2/c1-46-17-14-34(45-46)33-11-10-31(26-42-33)32-27-43-48-37(32)44-36(30-12-15-40(16-13-30,55-21-19-51-3)39(49)54-20-18-50-2)35(41)38(48)47(28-52-22-24-56(4,5)6)29-53-23-25-57(7,8)9/h10-11,14,17,26-27,30H,12-13,15-16,18-25,28-29H2,1-9H3/t30-,40+. The average molecular weight is 889 g/mol. The number of anilines is 1. The molecule has 1 aliphatic carbocycles. The third kappa shape index (κ3) is 12.3. The number of nitrogens with zero attached hydrogens (tertiary/aromatic N) is 7. The number of hydrogen-bond donors (Lipinski definition) is 0. The van der Waals surface area contributed by atoms with Crippen molar-refractivity contribution in [3.63, 3.8) is 0 Å². The lowest BCUT2D eigenvalue weighted by Gasteiger charge is -2.38. The van der Waals surface area contributed by atoms with E-state index in [0.717, 1.165) is 50.6 Å². The molecule has 5 rings (SSSR count). The molecule has 4 aromatic heterocycles. The Balaban J connectivity index is 1.54. The summed E-state index contributed by atoms with van der Waals surface area (Å²) < 4.78 is 39.6. The van der Waals surface area contributed by atoms with Gasteiger partial charge in [-0.3, -0.25) is 9.67 Å². The number of esters is 1. The summed E-state index contributed by atoms with van der Waals surface area (Å²) >= 11 is 4.04. The largest absolute Gasteiger partial charge is 0.461 e. The van der Waals surface area contributed by atoms with Gasteiger partial charge in [-0.25, -0.2) is 9.78 Å². The lowest BCUT2D eigenvalue weighted by atomic mass is 9.77. The Labute approximate surface area is 348 Å². The van der Waals surface area contributed by atoms with Crippen LogP contribution in [0.4, 0.5) is 5.82 Å². The molecule has 17 heteroatoms. The van der Waals surface area contributed by atoms with Gasteiger partial charge in [0.25, 0.3) is 0 Å². The molecule has 0 bridgehead atoms. The minimum Gasteiger partial charge on any atom is -0.461 e. The van der Waals surface area contributed by atoms with Crippen LogP contribution >= 0.6 is 15.9 Å². The molecule has 4 aromatic rings. The van der Waals surface area contributed by atoms with Crippen LogP contribution in [0.15, 0.2) is 41.3 Å². The summed E-state index contributed by atoms with van der Waals surface area (Å²) in [7, 11) is 2.45. The van der Waals surface area contributed by atoms with Crippen LogP contribution in [0.2, 0.25) is 51.4 Å². The molecule has 0 spiro atoms. The van der Waals surface area contributed by atoms with Crippen molar-refractivity contribution in [1.29, 1.82) is 0 Å². The first-order chi connectivity index (χ1) is 27.1. The lowest BCUT2D eigenvalue weighted by molar-refractivity contribution is -0.181. The number of aryl methyl sites for hydroxylation is 1. The predicted molar refractivity (Wildman–Crippen MR) is 231 cm³/mol. The Morgan fingerprint density at radius 2 is 1.53 bits per heavy atom. The van der Waals surface area contributed by atoms with E-state index in [2.05, 4.69) is 65.2 Å². The van der Waals surface area contributed by atoms with Gasteiger partial charge in [0.2, 0.25) is 0 Å². The number of carbonyl (C=O) groups is 1. The number of methoxy groups -OCH3 is 2. The van der Waals surface area contributed by atoms with Crippen LogP contribution in [-0.2, 0) is 40.3 Å². The second-order valence-corrected chi connectivity index (χ2v) is 29.2. The van der Waals surface area contributed by atoms with Gasteiger partial charge in [0.1, 0.15) is 25.8 Å². The van der Waals surface area contributed by atoms with Gasteiger partial charge in [0, 0.05) is 80.1 Å². The first kappa shape index (κ1) is 45.1. The molecule has 0 saturated heterocycles. The number of fused-ring (bicyclic) bond motifs is 1. The van der Waals surface area contributed by atoms with E-state index in [0.29, 0.717) is 71.2 Å². The molecule has 0 atom stereocenters. The molecule has 1 saturated carbocycles. The summed E-state index contributed by atoms with van der Waals surface area (Å²) in [5, 5.41) is 9.46. The number of ether oxygens (including phenoxy) is 6. The molecule has 0 aromatic carbocycles. The van der Waals surface area contributed by atoms with Crippen LogP contribution in [0.3, 0.4) is 0 Å². The van der Waals surface area contributed by atoms with Gasteiger partial charge < -0.3 is 33.3 Å². The molecular formula is C40H62BrN7O7Si2. The van der Waals surface area contributed by atoms with Crippen molar-refractivity contribution < 1.29 is 33.2 Å². The van der Waals surface area contributed by atoms with Gasteiger partial charge >= 0.3 is 5.97 Å². The van der Waals surface area contributed by atoms with E-state index < -0.39 is 21.7 Å². The van der Waals surface area contributed by atoms with E-state index in [1.54, 1.807) is 18.9 Å². The number of aromatic nitrogens is 6. The molecule has 0 aliphatic heterocycles. The smallest absolute Gasteiger partial charge is 0.338 e. The van der Waals surface area contributed by atoms with Crippen molar-refractivity contribution in [2.45, 2.75) is 88.6 Å². The normalized spacial score (nSPS) is 17.7. The number of pyridine rings is 1. The van der Waals surface area contributed by atoms with Crippen molar-refractivity contribution in [3.8, 4) is 22.5 Å². The van der Waals surface area contributed by atoms with E-state index in [-0.39, 0.29) is 25.1 Å². The number of carbonyl (C=O) groups excluding carboxylic acids is 1. The number of rotatable bonds is 22. The van der Waals surface area contributed by atoms with Crippen molar-refractivity contribution in [2.24, 2.45) is 7.05 Å². The third-order valence-corrected chi connectivity index (χ3v) is 14.3. The molecule has 57 heavy (non-hydrogen) atoms. The Morgan fingerprint density at radius 3 is 2.09 bits per heavy atom. The van der Waals surface area contributed by atoms with Gasteiger partial charge in [-0.15, -0.1) is 0 Å². The fraction of sp³-hybridized carbons (Fsp3) is 0.625. The summed E-state index contributed by atoms with van der Waals surface area (Å²) in [6, 6.07) is 8.06. The first-order valence-electron chi connectivity index (χ1n) is 19.9. The zero-order valence-electron chi connectivity index (χ0n) is 35.3. The summed E-state index contributed by atoms with van der Waals surface area (Å²) in [6.07, 6.45) is 7.84. The average Bonchev–Trinajstić information content (AvgIpc) is 3.80. The maximum absolute atomic E-state index is 13.6. The molecule has 4 heterocycles. The van der Waals surface area contributed by atoms with Gasteiger partial charge in [0.05, 0.1) is 41.9 Å². The van der Waals surface area contributed by atoms with Crippen LogP contribution in [0, 0.1) is 0 Å². The highest BCUT2D eigenvalue weighted by Crippen LogP contribution is 2.45. The zero-order chi connectivity index (χ0) is 41.2. The highest BCUT2D eigenvalue weighted by Gasteiger charge is 2.45. The van der Waals surface area contributed by atoms with Gasteiger partial charge in [-0.2, -0.15) is 14.7 Å². The van der Waals surface area contributed by atoms with E-state index in [4.69, 9.17) is 43.5 Å². The summed E-state index contributed by atoms with van der Waals surface area (Å²) in [4.78, 5) is 25.8. The summed E-state index contributed by atoms with van der Waals surface area (Å²) in [6.45, 7) is 17.2. The van der Waals surface area contributed by atoms with Crippen LogP contribution in [-0.4, -0.2) is 124 Å². The zero-order valence-corrected chi connectivity index (χ0v) is 38.9. The SMILES string of the molecule is COCCOC(=O)[C@]1(OCCOC)CC[C@@H](c2nc3c(-c4ccc(-c5ccn(C)n5)nc4)cnn3c(N(COCC[Si](C)(C)C)COCC[Si](C)(C)C)c2Br)CC1. The second kappa shape index (κ2) is 20.3. The lowest BCUT2D eigenvalue weighted by Crippen LogP contribution is -2.46. The summed E-state index contributed by atoms with van der Waals surface area (Å²) in [5.74, 6) is 0.436. The van der Waals surface area contributed by atoms with Crippen LogP contribution in [0.25, 0.3) is 28.2 Å². The van der Waals surface area contributed by atoms with Gasteiger partial charge in [-0.1, -0.05) is 45.3 Å². The molecule has 0 unspecified atom stereocenters. The first-order valence-corrected chi connectivity index (χ1v) is 28.1. The highest BCUT2D eigenvalue weighted by molar-refractivity contribution is 9.10. The van der Waals surface area contributed by atoms with Crippen LogP contribution in [0.1, 0.15) is 37.3 Å². The Hall–Kier alpha value is -3.04. The molecule has 0 radical (unpaired) electrons. The highest BCUT2D eigenvalue weighted by atomic mass is 79.9. The van der Waals surface area contributed by atoms with Gasteiger partial charge in [-0.05, 0) is 65.8 Å². The number of halogens is 1. The molecule has 314 valence electrons.